The van der Waals surface area contributed by atoms with Crippen molar-refractivity contribution in [3.05, 3.63) is 59.2 Å². The van der Waals surface area contributed by atoms with Crippen LogP contribution in [0.2, 0.25) is 0 Å². The molecule has 0 aromatic heterocycles. The lowest BCUT2D eigenvalue weighted by Crippen LogP contribution is -2.29. The zero-order valence-electron chi connectivity index (χ0n) is 16.2. The highest BCUT2D eigenvalue weighted by molar-refractivity contribution is 7.92. The highest BCUT2D eigenvalue weighted by atomic mass is 32.2. The molecule has 0 atom stereocenters. The zero-order valence-corrected chi connectivity index (χ0v) is 17.0. The first-order valence-corrected chi connectivity index (χ1v) is 10.2. The summed E-state index contributed by atoms with van der Waals surface area (Å²) < 4.78 is 33.0. The van der Waals surface area contributed by atoms with E-state index >= 15 is 0 Å². The number of hydrogen-bond donors (Lipinski definition) is 1. The first kappa shape index (κ1) is 20.9. The van der Waals surface area contributed by atoms with Crippen molar-refractivity contribution < 1.29 is 17.9 Å². The number of anilines is 1. The number of nitrogens with zero attached hydrogens (tertiary/aromatic N) is 1. The van der Waals surface area contributed by atoms with Crippen molar-refractivity contribution in [3.8, 4) is 0 Å². The van der Waals surface area contributed by atoms with Gasteiger partial charge in [-0.1, -0.05) is 23.8 Å². The van der Waals surface area contributed by atoms with Crippen molar-refractivity contribution >= 4 is 21.6 Å². The maximum atomic E-state index is 12.7. The van der Waals surface area contributed by atoms with Crippen LogP contribution >= 0.6 is 0 Å². The summed E-state index contributed by atoms with van der Waals surface area (Å²) in [5.41, 5.74) is 2.62. The van der Waals surface area contributed by atoms with Crippen LogP contribution < -0.4 is 4.72 Å². The second-order valence-corrected chi connectivity index (χ2v) is 8.20. The number of methoxy groups -OCH3 is 1. The number of amides is 1. The van der Waals surface area contributed by atoms with E-state index in [1.165, 1.54) is 12.1 Å². The number of carbonyl (C=O) groups excluding carboxylic acids is 1. The fourth-order valence-electron chi connectivity index (χ4n) is 2.59. The summed E-state index contributed by atoms with van der Waals surface area (Å²) in [6.07, 6.45) is 0.713. The molecule has 7 heteroatoms. The van der Waals surface area contributed by atoms with Gasteiger partial charge in [-0.2, -0.15) is 0 Å². The normalized spacial score (nSPS) is 11.3. The second kappa shape index (κ2) is 9.01. The monoisotopic (exact) mass is 390 g/mol. The number of aryl methyl sites for hydroxylation is 2. The lowest BCUT2D eigenvalue weighted by molar-refractivity contribution is 0.0778. The van der Waals surface area contributed by atoms with Gasteiger partial charge in [0.05, 0.1) is 4.90 Å². The summed E-state index contributed by atoms with van der Waals surface area (Å²) >= 11 is 0. The summed E-state index contributed by atoms with van der Waals surface area (Å²) in [7, 11) is -0.476. The fourth-order valence-corrected chi connectivity index (χ4v) is 3.67. The number of nitrogens with one attached hydrogen (secondary N) is 1. The van der Waals surface area contributed by atoms with E-state index in [1.807, 2.05) is 19.1 Å². The predicted octanol–water partition coefficient (Wildman–Crippen LogP) is 3.21. The minimum absolute atomic E-state index is 0.0577. The van der Waals surface area contributed by atoms with Gasteiger partial charge in [-0.15, -0.1) is 0 Å². The lowest BCUT2D eigenvalue weighted by atomic mass is 10.1. The van der Waals surface area contributed by atoms with Crippen molar-refractivity contribution in [1.29, 1.82) is 0 Å². The summed E-state index contributed by atoms with van der Waals surface area (Å²) in [6, 6.07) is 11.7. The Balaban J connectivity index is 2.24. The molecule has 0 aliphatic rings. The van der Waals surface area contributed by atoms with Crippen LogP contribution in [0.15, 0.2) is 47.4 Å². The van der Waals surface area contributed by atoms with Gasteiger partial charge >= 0.3 is 0 Å². The van der Waals surface area contributed by atoms with E-state index in [1.54, 1.807) is 44.2 Å². The molecule has 0 saturated carbocycles. The Morgan fingerprint density at radius 3 is 2.41 bits per heavy atom. The van der Waals surface area contributed by atoms with Crippen molar-refractivity contribution in [3.63, 3.8) is 0 Å². The van der Waals surface area contributed by atoms with Gasteiger partial charge in [-0.3, -0.25) is 9.52 Å². The summed E-state index contributed by atoms with van der Waals surface area (Å²) in [4.78, 5) is 14.3. The smallest absolute Gasteiger partial charge is 0.261 e. The first-order valence-electron chi connectivity index (χ1n) is 8.69. The van der Waals surface area contributed by atoms with Gasteiger partial charge in [0.2, 0.25) is 0 Å². The zero-order chi connectivity index (χ0) is 20.0. The third-order valence-corrected chi connectivity index (χ3v) is 5.62. The van der Waals surface area contributed by atoms with Gasteiger partial charge in [0.25, 0.3) is 15.9 Å². The third kappa shape index (κ3) is 5.55. The molecule has 146 valence electrons. The van der Waals surface area contributed by atoms with Crippen molar-refractivity contribution in [2.75, 3.05) is 32.0 Å². The molecule has 2 aromatic rings. The van der Waals surface area contributed by atoms with E-state index in [4.69, 9.17) is 4.74 Å². The van der Waals surface area contributed by atoms with Gasteiger partial charge in [0.1, 0.15) is 0 Å². The standard InChI is InChI=1S/C20H26N2O4S/c1-15-6-9-17(10-7-15)21-27(24,25)18-11-8-16(2)19(14-18)20(23)22(3)12-5-13-26-4/h6-11,14,21H,5,12-13H2,1-4H3. The molecule has 0 spiro atoms. The molecule has 0 fully saturated rings. The lowest BCUT2D eigenvalue weighted by Gasteiger charge is -2.19. The van der Waals surface area contributed by atoms with E-state index in [0.717, 1.165) is 11.1 Å². The molecule has 0 bridgehead atoms. The molecule has 0 aliphatic heterocycles. The van der Waals surface area contributed by atoms with Crippen LogP contribution in [-0.2, 0) is 14.8 Å². The highest BCUT2D eigenvalue weighted by Crippen LogP contribution is 2.20. The average Bonchev–Trinajstić information content (AvgIpc) is 2.63. The SMILES string of the molecule is COCCCN(C)C(=O)c1cc(S(=O)(=O)Nc2ccc(C)cc2)ccc1C. The number of ether oxygens (including phenoxy) is 1. The molecule has 0 aliphatic carbocycles. The quantitative estimate of drug-likeness (QED) is 0.702. The molecule has 0 radical (unpaired) electrons. The molecule has 2 rings (SSSR count). The van der Waals surface area contributed by atoms with Gasteiger partial charge in [-0.25, -0.2) is 8.42 Å². The molecule has 1 amide bonds. The van der Waals surface area contributed by atoms with Crippen LogP contribution in [0.3, 0.4) is 0 Å². The number of rotatable bonds is 8. The maximum absolute atomic E-state index is 12.7. The van der Waals surface area contributed by atoms with Crippen LogP contribution in [0.4, 0.5) is 5.69 Å². The second-order valence-electron chi connectivity index (χ2n) is 6.52. The molecule has 27 heavy (non-hydrogen) atoms. The summed E-state index contributed by atoms with van der Waals surface area (Å²) in [5, 5.41) is 0. The van der Waals surface area contributed by atoms with Crippen LogP contribution in [0.1, 0.15) is 27.9 Å². The van der Waals surface area contributed by atoms with E-state index in [9.17, 15) is 13.2 Å². The number of carbonyl (C=O) groups is 1. The van der Waals surface area contributed by atoms with Gasteiger partial charge in [0.15, 0.2) is 0 Å². The van der Waals surface area contributed by atoms with Crippen LogP contribution in [0.5, 0.6) is 0 Å². The van der Waals surface area contributed by atoms with E-state index < -0.39 is 10.0 Å². The van der Waals surface area contributed by atoms with Crippen LogP contribution in [0, 0.1) is 13.8 Å². The van der Waals surface area contributed by atoms with Crippen LogP contribution in [0.25, 0.3) is 0 Å². The van der Waals surface area contributed by atoms with Gasteiger partial charge in [-0.05, 0) is 50.1 Å². The minimum Gasteiger partial charge on any atom is -0.385 e. The molecular weight excluding hydrogens is 364 g/mol. The minimum atomic E-state index is -3.79. The molecular formula is C20H26N2O4S. The Labute approximate surface area is 161 Å². The Kier molecular flexibility index (Phi) is 6.98. The fraction of sp³-hybridized carbons (Fsp3) is 0.350. The largest absolute Gasteiger partial charge is 0.385 e. The van der Waals surface area contributed by atoms with Crippen molar-refractivity contribution in [1.82, 2.24) is 4.90 Å². The van der Waals surface area contributed by atoms with E-state index in [-0.39, 0.29) is 10.8 Å². The number of sulfonamides is 1. The highest BCUT2D eigenvalue weighted by Gasteiger charge is 2.20. The molecule has 0 saturated heterocycles. The van der Waals surface area contributed by atoms with E-state index in [2.05, 4.69) is 4.72 Å². The third-order valence-electron chi connectivity index (χ3n) is 4.24. The van der Waals surface area contributed by atoms with Crippen LogP contribution in [-0.4, -0.2) is 46.5 Å². The average molecular weight is 391 g/mol. The Bertz CT molecular complexity index is 893. The Morgan fingerprint density at radius 1 is 1.11 bits per heavy atom. The molecule has 2 aromatic carbocycles. The predicted molar refractivity (Wildman–Crippen MR) is 107 cm³/mol. The van der Waals surface area contributed by atoms with E-state index in [0.29, 0.717) is 30.8 Å². The number of hydrogen-bond acceptors (Lipinski definition) is 4. The summed E-state index contributed by atoms with van der Waals surface area (Å²) in [6.45, 7) is 4.81. The van der Waals surface area contributed by atoms with Crippen molar-refractivity contribution in [2.45, 2.75) is 25.2 Å². The van der Waals surface area contributed by atoms with Gasteiger partial charge in [0, 0.05) is 38.6 Å². The van der Waals surface area contributed by atoms with Gasteiger partial charge < -0.3 is 9.64 Å². The molecule has 6 nitrogen and oxygen atoms in total. The molecule has 1 N–H and O–H groups in total. The first-order chi connectivity index (χ1) is 12.7. The maximum Gasteiger partial charge on any atom is 0.261 e. The topological polar surface area (TPSA) is 75.7 Å². The Morgan fingerprint density at radius 2 is 1.78 bits per heavy atom. The molecule has 0 heterocycles. The Hall–Kier alpha value is -2.38. The molecule has 0 unspecified atom stereocenters. The summed E-state index contributed by atoms with van der Waals surface area (Å²) in [5.74, 6) is -0.212. The number of benzene rings is 2. The van der Waals surface area contributed by atoms with Crippen molar-refractivity contribution in [2.24, 2.45) is 0 Å².